The lowest BCUT2D eigenvalue weighted by atomic mass is 10.2. The molecule has 0 aliphatic rings. The molecule has 0 bridgehead atoms. The molecule has 3 rings (SSSR count). The van der Waals surface area contributed by atoms with Crippen molar-refractivity contribution in [3.63, 3.8) is 0 Å². The number of aromatic nitrogens is 2. The molecule has 10 heteroatoms. The first-order valence-electron chi connectivity index (χ1n) is 8.47. The smallest absolute Gasteiger partial charge is 0.354 e. The Kier molecular flexibility index (Phi) is 5.78. The number of rotatable bonds is 6. The highest BCUT2D eigenvalue weighted by Crippen LogP contribution is 2.22. The minimum atomic E-state index is -1.27. The van der Waals surface area contributed by atoms with E-state index >= 15 is 0 Å². The normalized spacial score (nSPS) is 10.1. The van der Waals surface area contributed by atoms with Gasteiger partial charge in [-0.05, 0) is 36.4 Å². The highest BCUT2D eigenvalue weighted by molar-refractivity contribution is 6.09. The number of amides is 2. The lowest BCUT2D eigenvalue weighted by Crippen LogP contribution is -2.19. The zero-order valence-corrected chi connectivity index (χ0v) is 15.2. The van der Waals surface area contributed by atoms with E-state index < -0.39 is 23.8 Å². The van der Waals surface area contributed by atoms with E-state index in [-0.39, 0.29) is 34.2 Å². The Morgan fingerprint density at radius 2 is 0.933 bits per heavy atom. The number of carboxylic acid groups (broad SMARTS) is 2. The van der Waals surface area contributed by atoms with Crippen molar-refractivity contribution in [1.82, 2.24) is 9.97 Å². The Labute approximate surface area is 169 Å². The van der Waals surface area contributed by atoms with Gasteiger partial charge < -0.3 is 20.8 Å². The van der Waals surface area contributed by atoms with Gasteiger partial charge in [0.2, 0.25) is 0 Å². The van der Waals surface area contributed by atoms with Crippen molar-refractivity contribution < 1.29 is 29.4 Å². The van der Waals surface area contributed by atoms with Gasteiger partial charge in [0, 0.05) is 0 Å². The van der Waals surface area contributed by atoms with Crippen molar-refractivity contribution in [2.45, 2.75) is 0 Å². The fraction of sp³-hybridized carbons (Fsp3) is 0. The predicted octanol–water partition coefficient (Wildman–Crippen LogP) is 2.38. The average molecular weight is 406 g/mol. The van der Waals surface area contributed by atoms with E-state index in [4.69, 9.17) is 10.2 Å². The quantitative estimate of drug-likeness (QED) is 0.485. The molecule has 2 amide bonds. The number of para-hydroxylation sites is 2. The molecule has 150 valence electrons. The third-order valence-electron chi connectivity index (χ3n) is 3.83. The van der Waals surface area contributed by atoms with Gasteiger partial charge >= 0.3 is 11.9 Å². The highest BCUT2D eigenvalue weighted by atomic mass is 16.4. The third-order valence-corrected chi connectivity index (χ3v) is 3.83. The van der Waals surface area contributed by atoms with Crippen molar-refractivity contribution in [2.24, 2.45) is 0 Å². The van der Waals surface area contributed by atoms with E-state index in [1.54, 1.807) is 12.1 Å². The molecular formula is C20H14N4O6. The van der Waals surface area contributed by atoms with Crippen LogP contribution < -0.4 is 10.6 Å². The first kappa shape index (κ1) is 20.1. The second kappa shape index (κ2) is 8.61. The molecule has 2 aromatic heterocycles. The molecule has 0 saturated heterocycles. The number of nitrogens with one attached hydrogen (secondary N) is 2. The topological polar surface area (TPSA) is 159 Å². The molecule has 2 heterocycles. The van der Waals surface area contributed by atoms with Gasteiger partial charge in [0.25, 0.3) is 11.8 Å². The number of pyridine rings is 2. The molecular weight excluding hydrogens is 392 g/mol. The highest BCUT2D eigenvalue weighted by Gasteiger charge is 2.16. The number of carboxylic acids is 2. The zero-order chi connectivity index (χ0) is 21.7. The minimum absolute atomic E-state index is 0.119. The van der Waals surface area contributed by atoms with Gasteiger partial charge in [-0.2, -0.15) is 0 Å². The van der Waals surface area contributed by atoms with Crippen LogP contribution in [0.3, 0.4) is 0 Å². The molecule has 0 atom stereocenters. The number of hydrogen-bond donors (Lipinski definition) is 4. The van der Waals surface area contributed by atoms with Crippen molar-refractivity contribution in [2.75, 3.05) is 10.6 Å². The van der Waals surface area contributed by atoms with E-state index in [0.29, 0.717) is 0 Å². The van der Waals surface area contributed by atoms with Gasteiger partial charge in [0.1, 0.15) is 22.8 Å². The summed E-state index contributed by atoms with van der Waals surface area (Å²) in [5.74, 6) is -3.89. The molecule has 0 spiro atoms. The van der Waals surface area contributed by atoms with Crippen molar-refractivity contribution in [3.8, 4) is 0 Å². The van der Waals surface area contributed by atoms with Crippen LogP contribution in [0.2, 0.25) is 0 Å². The van der Waals surface area contributed by atoms with Crippen LogP contribution in [0, 0.1) is 0 Å². The largest absolute Gasteiger partial charge is 0.477 e. The average Bonchev–Trinajstić information content (AvgIpc) is 2.75. The van der Waals surface area contributed by atoms with E-state index in [0.717, 1.165) is 0 Å². The fourth-order valence-electron chi connectivity index (χ4n) is 2.43. The second-order valence-corrected chi connectivity index (χ2v) is 5.88. The Balaban J connectivity index is 1.81. The van der Waals surface area contributed by atoms with Crippen LogP contribution in [0.1, 0.15) is 42.0 Å². The standard InChI is InChI=1S/C20H14N4O6/c25-17(13-7-3-9-15(21-13)19(27)28)23-11-5-1-2-6-12(11)24-18(26)14-8-4-10-16(22-14)20(29)30/h1-10H,(H,23,25)(H,24,26)(H,27,28)(H,29,30). The zero-order valence-electron chi connectivity index (χ0n) is 15.2. The molecule has 0 aliphatic carbocycles. The minimum Gasteiger partial charge on any atom is -0.477 e. The van der Waals surface area contributed by atoms with Gasteiger partial charge in [-0.25, -0.2) is 19.6 Å². The van der Waals surface area contributed by atoms with Crippen LogP contribution in [0.15, 0.2) is 60.7 Å². The van der Waals surface area contributed by atoms with E-state index in [9.17, 15) is 19.2 Å². The van der Waals surface area contributed by atoms with Crippen molar-refractivity contribution in [3.05, 3.63) is 83.4 Å². The lowest BCUT2D eigenvalue weighted by Gasteiger charge is -2.12. The first-order chi connectivity index (χ1) is 14.3. The van der Waals surface area contributed by atoms with E-state index in [1.165, 1.54) is 48.5 Å². The van der Waals surface area contributed by atoms with Crippen LogP contribution in [0.4, 0.5) is 11.4 Å². The van der Waals surface area contributed by atoms with Gasteiger partial charge in [0.05, 0.1) is 11.4 Å². The van der Waals surface area contributed by atoms with Crippen molar-refractivity contribution >= 4 is 35.1 Å². The Morgan fingerprint density at radius 1 is 0.567 bits per heavy atom. The third kappa shape index (κ3) is 4.62. The Morgan fingerprint density at radius 3 is 1.30 bits per heavy atom. The maximum Gasteiger partial charge on any atom is 0.354 e. The fourth-order valence-corrected chi connectivity index (χ4v) is 2.43. The summed E-state index contributed by atoms with van der Waals surface area (Å²) in [5, 5.41) is 23.1. The van der Waals surface area contributed by atoms with Crippen molar-refractivity contribution in [1.29, 1.82) is 0 Å². The maximum absolute atomic E-state index is 12.5. The summed E-state index contributed by atoms with van der Waals surface area (Å²) < 4.78 is 0. The summed E-state index contributed by atoms with van der Waals surface area (Å²) in [6, 6.07) is 14.3. The van der Waals surface area contributed by atoms with Crippen LogP contribution in [-0.4, -0.2) is 43.9 Å². The molecule has 4 N–H and O–H groups in total. The summed E-state index contributed by atoms with van der Waals surface area (Å²) in [7, 11) is 0. The van der Waals surface area contributed by atoms with Crippen LogP contribution >= 0.6 is 0 Å². The molecule has 30 heavy (non-hydrogen) atoms. The van der Waals surface area contributed by atoms with Gasteiger partial charge in [-0.3, -0.25) is 9.59 Å². The molecule has 0 radical (unpaired) electrons. The summed E-state index contributed by atoms with van der Waals surface area (Å²) >= 11 is 0. The molecule has 0 unspecified atom stereocenters. The SMILES string of the molecule is O=C(O)c1cccc(C(=O)Nc2ccccc2NC(=O)c2cccc(C(=O)O)n2)n1. The predicted molar refractivity (Wildman–Crippen MR) is 105 cm³/mol. The second-order valence-electron chi connectivity index (χ2n) is 5.88. The summed E-state index contributed by atoms with van der Waals surface area (Å²) in [4.78, 5) is 54.5. The number of nitrogens with zero attached hydrogens (tertiary/aromatic N) is 2. The molecule has 0 fully saturated rings. The number of anilines is 2. The monoisotopic (exact) mass is 406 g/mol. The van der Waals surface area contributed by atoms with Crippen LogP contribution in [0.5, 0.6) is 0 Å². The molecule has 3 aromatic rings. The Hall–Kier alpha value is -4.60. The number of carbonyl (C=O) groups excluding carboxylic acids is 2. The number of carbonyl (C=O) groups is 4. The van der Waals surface area contributed by atoms with Crippen LogP contribution in [0.25, 0.3) is 0 Å². The van der Waals surface area contributed by atoms with Crippen LogP contribution in [-0.2, 0) is 0 Å². The molecule has 1 aromatic carbocycles. The lowest BCUT2D eigenvalue weighted by molar-refractivity contribution is 0.0679. The molecule has 0 saturated carbocycles. The van der Waals surface area contributed by atoms with Gasteiger partial charge in [0.15, 0.2) is 0 Å². The number of hydrogen-bond acceptors (Lipinski definition) is 6. The molecule has 10 nitrogen and oxygen atoms in total. The van der Waals surface area contributed by atoms with Gasteiger partial charge in [-0.1, -0.05) is 24.3 Å². The van der Waals surface area contributed by atoms with E-state index in [1.807, 2.05) is 0 Å². The van der Waals surface area contributed by atoms with Gasteiger partial charge in [-0.15, -0.1) is 0 Å². The number of benzene rings is 1. The first-order valence-corrected chi connectivity index (χ1v) is 8.47. The Bertz CT molecular complexity index is 1070. The molecule has 0 aliphatic heterocycles. The summed E-state index contributed by atoms with van der Waals surface area (Å²) in [6.07, 6.45) is 0. The summed E-state index contributed by atoms with van der Waals surface area (Å²) in [5.41, 5.74) is -0.346. The summed E-state index contributed by atoms with van der Waals surface area (Å²) in [6.45, 7) is 0. The maximum atomic E-state index is 12.5. The number of aromatic carboxylic acids is 2. The van der Waals surface area contributed by atoms with E-state index in [2.05, 4.69) is 20.6 Å².